The first-order valence-electron chi connectivity index (χ1n) is 9.99. The second kappa shape index (κ2) is 8.66. The van der Waals surface area contributed by atoms with E-state index in [1.807, 2.05) is 17.7 Å². The molecule has 29 heavy (non-hydrogen) atoms. The second-order valence-electron chi connectivity index (χ2n) is 7.26. The van der Waals surface area contributed by atoms with Crippen LogP contribution >= 0.6 is 0 Å². The van der Waals surface area contributed by atoms with Crippen LogP contribution in [-0.4, -0.2) is 68.1 Å². The predicted octanol–water partition coefficient (Wildman–Crippen LogP) is 1.58. The number of rotatable bonds is 7. The van der Waals surface area contributed by atoms with Gasteiger partial charge < -0.3 is 20.3 Å². The van der Waals surface area contributed by atoms with Gasteiger partial charge in [-0.2, -0.15) is 10.1 Å². The highest BCUT2D eigenvalue weighted by Gasteiger charge is 2.25. The van der Waals surface area contributed by atoms with Crippen molar-refractivity contribution in [3.8, 4) is 0 Å². The summed E-state index contributed by atoms with van der Waals surface area (Å²) in [6.07, 6.45) is 4.99. The molecule has 2 N–H and O–H groups in total. The molecule has 1 aliphatic rings. The lowest BCUT2D eigenvalue weighted by molar-refractivity contribution is 0.137. The molecule has 10 nitrogen and oxygen atoms in total. The molecule has 0 unspecified atom stereocenters. The van der Waals surface area contributed by atoms with Crippen LogP contribution in [0.3, 0.4) is 0 Å². The van der Waals surface area contributed by atoms with Crippen molar-refractivity contribution in [3.63, 3.8) is 0 Å². The van der Waals surface area contributed by atoms with Gasteiger partial charge in [-0.25, -0.2) is 15.0 Å². The van der Waals surface area contributed by atoms with Gasteiger partial charge in [0, 0.05) is 38.0 Å². The minimum atomic E-state index is 0.366. The van der Waals surface area contributed by atoms with Gasteiger partial charge in [-0.05, 0) is 26.8 Å². The standard InChI is InChI=1S/C19H27N9O/c1-4-29-8-7-28-17-15(9-22-28)24-19(27-10-13(2)23-14(3)11-27)26-18(17)25-16-5-6-20-12-21-16/h5-6,9,12-14,23H,4,7-8,10-11H2,1-3H3,(H,20,21,24,25,26)/t13-,14-/m1/s1. The van der Waals surface area contributed by atoms with E-state index in [1.165, 1.54) is 6.33 Å². The number of piperazine rings is 1. The average molecular weight is 397 g/mol. The SMILES string of the molecule is CCOCCn1ncc2nc(N3C[C@@H](C)N[C@H](C)C3)nc(Nc3ccncn3)c21. The number of nitrogens with zero attached hydrogens (tertiary/aromatic N) is 7. The zero-order valence-corrected chi connectivity index (χ0v) is 17.0. The Morgan fingerprint density at radius 3 is 2.79 bits per heavy atom. The van der Waals surface area contributed by atoms with Gasteiger partial charge in [0.1, 0.15) is 23.2 Å². The highest BCUT2D eigenvalue weighted by molar-refractivity contribution is 5.88. The molecule has 10 heteroatoms. The Hall–Kier alpha value is -2.85. The summed E-state index contributed by atoms with van der Waals surface area (Å²) in [5.74, 6) is 2.04. The first-order valence-corrected chi connectivity index (χ1v) is 9.99. The molecule has 0 amide bonds. The fraction of sp³-hybridized carbons (Fsp3) is 0.526. The first kappa shape index (κ1) is 19.5. The van der Waals surface area contributed by atoms with Crippen LogP contribution in [0.2, 0.25) is 0 Å². The van der Waals surface area contributed by atoms with E-state index >= 15 is 0 Å². The molecule has 1 aliphatic heterocycles. The van der Waals surface area contributed by atoms with E-state index in [0.29, 0.717) is 49.4 Å². The first-order chi connectivity index (χ1) is 14.1. The minimum absolute atomic E-state index is 0.366. The van der Waals surface area contributed by atoms with E-state index in [0.717, 1.165) is 24.1 Å². The third kappa shape index (κ3) is 4.43. The lowest BCUT2D eigenvalue weighted by Crippen LogP contribution is -2.54. The van der Waals surface area contributed by atoms with Crippen molar-refractivity contribution in [2.75, 3.05) is 36.5 Å². The average Bonchev–Trinajstić information content (AvgIpc) is 3.11. The molecule has 1 fully saturated rings. The van der Waals surface area contributed by atoms with Crippen LogP contribution < -0.4 is 15.5 Å². The molecule has 0 bridgehead atoms. The molecule has 2 atom stereocenters. The topological polar surface area (TPSA) is 106 Å². The van der Waals surface area contributed by atoms with Gasteiger partial charge in [0.05, 0.1) is 19.3 Å². The van der Waals surface area contributed by atoms with Crippen molar-refractivity contribution in [3.05, 3.63) is 24.8 Å². The van der Waals surface area contributed by atoms with Crippen LogP contribution in [0.5, 0.6) is 0 Å². The van der Waals surface area contributed by atoms with Crippen molar-refractivity contribution in [2.24, 2.45) is 0 Å². The van der Waals surface area contributed by atoms with Crippen LogP contribution in [-0.2, 0) is 11.3 Å². The second-order valence-corrected chi connectivity index (χ2v) is 7.26. The third-order valence-corrected chi connectivity index (χ3v) is 4.80. The number of ether oxygens (including phenoxy) is 1. The zero-order valence-electron chi connectivity index (χ0n) is 17.0. The molecule has 4 rings (SSSR count). The van der Waals surface area contributed by atoms with Crippen LogP contribution in [0.15, 0.2) is 24.8 Å². The minimum Gasteiger partial charge on any atom is -0.380 e. The Kier molecular flexibility index (Phi) is 5.81. The van der Waals surface area contributed by atoms with Crippen LogP contribution in [0.25, 0.3) is 11.0 Å². The zero-order chi connectivity index (χ0) is 20.2. The van der Waals surface area contributed by atoms with Crippen molar-refractivity contribution in [1.29, 1.82) is 0 Å². The Morgan fingerprint density at radius 1 is 1.24 bits per heavy atom. The number of aromatic nitrogens is 6. The summed E-state index contributed by atoms with van der Waals surface area (Å²) < 4.78 is 7.37. The molecule has 1 saturated heterocycles. The quantitative estimate of drug-likeness (QED) is 0.575. The number of anilines is 3. The maximum atomic E-state index is 5.50. The number of fused-ring (bicyclic) bond motifs is 1. The fourth-order valence-electron chi connectivity index (χ4n) is 3.66. The summed E-state index contributed by atoms with van der Waals surface area (Å²) in [6.45, 7) is 9.90. The van der Waals surface area contributed by atoms with Crippen LogP contribution in [0, 0.1) is 0 Å². The van der Waals surface area contributed by atoms with Crippen molar-refractivity contribution < 1.29 is 4.74 Å². The van der Waals surface area contributed by atoms with E-state index in [9.17, 15) is 0 Å². The summed E-state index contributed by atoms with van der Waals surface area (Å²) in [7, 11) is 0. The third-order valence-electron chi connectivity index (χ3n) is 4.80. The summed E-state index contributed by atoms with van der Waals surface area (Å²) in [6, 6.07) is 2.54. The predicted molar refractivity (Wildman–Crippen MR) is 111 cm³/mol. The number of hydrogen-bond donors (Lipinski definition) is 2. The van der Waals surface area contributed by atoms with Gasteiger partial charge in [-0.3, -0.25) is 4.68 Å². The smallest absolute Gasteiger partial charge is 0.228 e. The van der Waals surface area contributed by atoms with E-state index in [-0.39, 0.29) is 0 Å². The normalized spacial score (nSPS) is 19.6. The summed E-state index contributed by atoms with van der Waals surface area (Å²) in [5.41, 5.74) is 1.63. The molecule has 154 valence electrons. The molecule has 0 radical (unpaired) electrons. The maximum Gasteiger partial charge on any atom is 0.228 e. The molecule has 4 heterocycles. The maximum absolute atomic E-state index is 5.50. The Morgan fingerprint density at radius 2 is 2.07 bits per heavy atom. The monoisotopic (exact) mass is 397 g/mol. The van der Waals surface area contributed by atoms with Crippen LogP contribution in [0.1, 0.15) is 20.8 Å². The van der Waals surface area contributed by atoms with Crippen molar-refractivity contribution >= 4 is 28.6 Å². The summed E-state index contributed by atoms with van der Waals surface area (Å²) in [5, 5.41) is 11.4. The lowest BCUT2D eigenvalue weighted by atomic mass is 10.1. The molecule has 0 aromatic carbocycles. The van der Waals surface area contributed by atoms with Gasteiger partial charge in [-0.1, -0.05) is 0 Å². The van der Waals surface area contributed by atoms with Crippen LogP contribution in [0.4, 0.5) is 17.6 Å². The molecule has 0 aliphatic carbocycles. The van der Waals surface area contributed by atoms with E-state index in [4.69, 9.17) is 14.7 Å². The lowest BCUT2D eigenvalue weighted by Gasteiger charge is -2.36. The highest BCUT2D eigenvalue weighted by atomic mass is 16.5. The highest BCUT2D eigenvalue weighted by Crippen LogP contribution is 2.26. The van der Waals surface area contributed by atoms with Gasteiger partial charge in [0.15, 0.2) is 5.82 Å². The fourth-order valence-corrected chi connectivity index (χ4v) is 3.66. The van der Waals surface area contributed by atoms with Gasteiger partial charge in [0.2, 0.25) is 5.95 Å². The van der Waals surface area contributed by atoms with Crippen molar-refractivity contribution in [1.82, 2.24) is 35.0 Å². The number of nitrogens with one attached hydrogen (secondary N) is 2. The van der Waals surface area contributed by atoms with Gasteiger partial charge in [0.25, 0.3) is 0 Å². The van der Waals surface area contributed by atoms with Gasteiger partial charge >= 0.3 is 0 Å². The van der Waals surface area contributed by atoms with Gasteiger partial charge in [-0.15, -0.1) is 0 Å². The Bertz CT molecular complexity index is 936. The van der Waals surface area contributed by atoms with E-state index in [2.05, 4.69) is 44.4 Å². The molecular formula is C19H27N9O. The molecule has 0 spiro atoms. The summed E-state index contributed by atoms with van der Waals surface area (Å²) in [4.78, 5) is 20.1. The molecule has 3 aromatic rings. The van der Waals surface area contributed by atoms with Crippen molar-refractivity contribution in [2.45, 2.75) is 39.4 Å². The Balaban J connectivity index is 1.73. The van der Waals surface area contributed by atoms with E-state index in [1.54, 1.807) is 12.4 Å². The molecule has 3 aromatic heterocycles. The summed E-state index contributed by atoms with van der Waals surface area (Å²) >= 11 is 0. The molecule has 0 saturated carbocycles. The van der Waals surface area contributed by atoms with E-state index < -0.39 is 0 Å². The largest absolute Gasteiger partial charge is 0.380 e. The molecular weight excluding hydrogens is 370 g/mol. The number of hydrogen-bond acceptors (Lipinski definition) is 9. The Labute approximate surface area is 169 Å².